The van der Waals surface area contributed by atoms with E-state index < -0.39 is 23.3 Å². The van der Waals surface area contributed by atoms with E-state index in [0.29, 0.717) is 12.5 Å². The summed E-state index contributed by atoms with van der Waals surface area (Å²) in [4.78, 5) is 36.2. The zero-order valence-corrected chi connectivity index (χ0v) is 12.9. The molecule has 1 heterocycles. The van der Waals surface area contributed by atoms with Crippen LogP contribution in [0.3, 0.4) is 0 Å². The predicted molar refractivity (Wildman–Crippen MR) is 77.8 cm³/mol. The molecular weight excluding hydrogens is 274 g/mol. The van der Waals surface area contributed by atoms with E-state index in [-0.39, 0.29) is 12.8 Å². The smallest absolute Gasteiger partial charge is 0.321 e. The summed E-state index contributed by atoms with van der Waals surface area (Å²) in [6.07, 6.45) is 0.922. The van der Waals surface area contributed by atoms with Gasteiger partial charge in [0, 0.05) is 19.5 Å². The Hall–Kier alpha value is -1.63. The van der Waals surface area contributed by atoms with Crippen LogP contribution in [0.15, 0.2) is 0 Å². The lowest BCUT2D eigenvalue weighted by atomic mass is 9.85. The van der Waals surface area contributed by atoms with Crippen LogP contribution < -0.4 is 10.6 Å². The Morgan fingerprint density at radius 1 is 1.29 bits per heavy atom. The highest BCUT2D eigenvalue weighted by Gasteiger charge is 2.26. The number of carbonyl (C=O) groups is 3. The Balaban J connectivity index is 2.27. The number of urea groups is 1. The first-order chi connectivity index (χ1) is 9.68. The molecule has 0 bridgehead atoms. The van der Waals surface area contributed by atoms with E-state index in [0.717, 1.165) is 19.5 Å². The lowest BCUT2D eigenvalue weighted by Crippen LogP contribution is -2.43. The van der Waals surface area contributed by atoms with Crippen molar-refractivity contribution >= 4 is 17.9 Å². The van der Waals surface area contributed by atoms with Crippen molar-refractivity contribution in [2.24, 2.45) is 11.3 Å². The zero-order chi connectivity index (χ0) is 16.0. The maximum absolute atomic E-state index is 11.7. The van der Waals surface area contributed by atoms with Gasteiger partial charge in [-0.2, -0.15) is 0 Å². The molecule has 3 amide bonds. The number of rotatable bonds is 6. The Kier molecular flexibility index (Phi) is 6.14. The summed E-state index contributed by atoms with van der Waals surface area (Å²) in [6, 6.07) is -0.513. The second-order valence-corrected chi connectivity index (χ2v) is 6.59. The molecule has 0 saturated carbocycles. The van der Waals surface area contributed by atoms with Crippen molar-refractivity contribution in [3.05, 3.63) is 0 Å². The number of carbonyl (C=O) groups excluding carboxylic acids is 2. The fraction of sp³-hybridized carbons (Fsp3) is 0.786. The normalized spacial score (nSPS) is 19.3. The quantitative estimate of drug-likeness (QED) is 0.669. The molecule has 1 atom stereocenters. The summed E-state index contributed by atoms with van der Waals surface area (Å²) >= 11 is 0. The highest BCUT2D eigenvalue weighted by Crippen LogP contribution is 2.24. The molecule has 3 N–H and O–H groups in total. The van der Waals surface area contributed by atoms with Gasteiger partial charge in [-0.05, 0) is 31.3 Å². The van der Waals surface area contributed by atoms with Crippen molar-refractivity contribution in [1.29, 1.82) is 0 Å². The molecule has 0 aromatic heterocycles. The van der Waals surface area contributed by atoms with E-state index >= 15 is 0 Å². The van der Waals surface area contributed by atoms with Crippen LogP contribution in [0.1, 0.15) is 33.1 Å². The second-order valence-electron chi connectivity index (χ2n) is 6.59. The summed E-state index contributed by atoms with van der Waals surface area (Å²) in [5.41, 5.74) is -0.676. The number of carboxylic acid groups (broad SMARTS) is 1. The molecule has 7 heteroatoms. The standard InChI is InChI=1S/C14H25N3O4/c1-14(2,7-12(19)20)6-11(18)16-13(21)15-8-10-4-5-17(3)9-10/h10H,4-9H2,1-3H3,(H,19,20)(H2,15,16,18,21). The number of nitrogens with zero attached hydrogens (tertiary/aromatic N) is 1. The van der Waals surface area contributed by atoms with Crippen molar-refractivity contribution in [3.63, 3.8) is 0 Å². The Labute approximate surface area is 125 Å². The Morgan fingerprint density at radius 2 is 1.95 bits per heavy atom. The number of amides is 3. The van der Waals surface area contributed by atoms with Crippen molar-refractivity contribution < 1.29 is 19.5 Å². The summed E-state index contributed by atoms with van der Waals surface area (Å²) in [6.45, 7) is 5.89. The van der Waals surface area contributed by atoms with Crippen LogP contribution in [-0.4, -0.2) is 54.6 Å². The summed E-state index contributed by atoms with van der Waals surface area (Å²) in [7, 11) is 2.04. The average molecular weight is 299 g/mol. The van der Waals surface area contributed by atoms with E-state index in [1.807, 2.05) is 7.05 Å². The number of imide groups is 1. The van der Waals surface area contributed by atoms with E-state index in [9.17, 15) is 14.4 Å². The molecule has 120 valence electrons. The molecule has 0 aromatic rings. The van der Waals surface area contributed by atoms with Gasteiger partial charge in [-0.15, -0.1) is 0 Å². The minimum absolute atomic E-state index is 0.00110. The van der Waals surface area contributed by atoms with Crippen LogP contribution in [0.25, 0.3) is 0 Å². The van der Waals surface area contributed by atoms with Crippen molar-refractivity contribution in [2.45, 2.75) is 33.1 Å². The first kappa shape index (κ1) is 17.4. The van der Waals surface area contributed by atoms with Gasteiger partial charge in [0.1, 0.15) is 0 Å². The topological polar surface area (TPSA) is 98.7 Å². The molecule has 1 rings (SSSR count). The molecule has 0 aliphatic carbocycles. The van der Waals surface area contributed by atoms with Crippen molar-refractivity contribution in [3.8, 4) is 0 Å². The number of carboxylic acids is 1. The van der Waals surface area contributed by atoms with Gasteiger partial charge in [0.15, 0.2) is 0 Å². The van der Waals surface area contributed by atoms with Gasteiger partial charge in [0.25, 0.3) is 0 Å². The van der Waals surface area contributed by atoms with Crippen molar-refractivity contribution in [1.82, 2.24) is 15.5 Å². The van der Waals surface area contributed by atoms with E-state index in [2.05, 4.69) is 15.5 Å². The summed E-state index contributed by atoms with van der Waals surface area (Å²) in [5, 5.41) is 13.7. The molecule has 1 saturated heterocycles. The summed E-state index contributed by atoms with van der Waals surface area (Å²) < 4.78 is 0. The number of aliphatic carboxylic acids is 1. The molecule has 1 aliphatic rings. The lowest BCUT2D eigenvalue weighted by molar-refractivity contribution is -0.139. The molecule has 1 fully saturated rings. The number of nitrogens with one attached hydrogen (secondary N) is 2. The zero-order valence-electron chi connectivity index (χ0n) is 12.9. The lowest BCUT2D eigenvalue weighted by Gasteiger charge is -2.21. The largest absolute Gasteiger partial charge is 0.481 e. The third-order valence-electron chi connectivity index (χ3n) is 3.56. The SMILES string of the molecule is CN1CCC(CNC(=O)NC(=O)CC(C)(C)CC(=O)O)C1. The summed E-state index contributed by atoms with van der Waals surface area (Å²) in [5.74, 6) is -0.996. The highest BCUT2D eigenvalue weighted by molar-refractivity contribution is 5.94. The van der Waals surface area contributed by atoms with Gasteiger partial charge in [-0.1, -0.05) is 13.8 Å². The fourth-order valence-electron chi connectivity index (χ4n) is 2.55. The van der Waals surface area contributed by atoms with E-state index in [4.69, 9.17) is 5.11 Å². The first-order valence-electron chi connectivity index (χ1n) is 7.16. The van der Waals surface area contributed by atoms with Crippen molar-refractivity contribution in [2.75, 3.05) is 26.7 Å². The first-order valence-corrected chi connectivity index (χ1v) is 7.16. The highest BCUT2D eigenvalue weighted by atomic mass is 16.4. The maximum atomic E-state index is 11.7. The fourth-order valence-corrected chi connectivity index (χ4v) is 2.55. The minimum atomic E-state index is -0.956. The average Bonchev–Trinajstić information content (AvgIpc) is 2.69. The molecule has 0 aromatic carbocycles. The molecule has 1 unspecified atom stereocenters. The molecule has 7 nitrogen and oxygen atoms in total. The monoisotopic (exact) mass is 299 g/mol. The molecule has 1 aliphatic heterocycles. The molecule has 0 spiro atoms. The third-order valence-corrected chi connectivity index (χ3v) is 3.56. The predicted octanol–water partition coefficient (Wildman–Crippen LogP) is 0.655. The van der Waals surface area contributed by atoms with Crippen LogP contribution in [0.5, 0.6) is 0 Å². The molecule has 21 heavy (non-hydrogen) atoms. The minimum Gasteiger partial charge on any atom is -0.481 e. The van der Waals surface area contributed by atoms with Crippen LogP contribution in [0.2, 0.25) is 0 Å². The van der Waals surface area contributed by atoms with Gasteiger partial charge in [-0.25, -0.2) is 4.79 Å². The number of hydrogen-bond donors (Lipinski definition) is 3. The van der Waals surface area contributed by atoms with E-state index in [1.165, 1.54) is 0 Å². The van der Waals surface area contributed by atoms with Crippen LogP contribution >= 0.6 is 0 Å². The van der Waals surface area contributed by atoms with Gasteiger partial charge in [0.05, 0.1) is 6.42 Å². The van der Waals surface area contributed by atoms with Gasteiger partial charge in [0.2, 0.25) is 5.91 Å². The van der Waals surface area contributed by atoms with Crippen LogP contribution in [0.4, 0.5) is 4.79 Å². The van der Waals surface area contributed by atoms with Crippen LogP contribution in [-0.2, 0) is 9.59 Å². The Morgan fingerprint density at radius 3 is 2.48 bits per heavy atom. The second kappa shape index (κ2) is 7.40. The van der Waals surface area contributed by atoms with Gasteiger partial charge in [-0.3, -0.25) is 14.9 Å². The van der Waals surface area contributed by atoms with E-state index in [1.54, 1.807) is 13.8 Å². The molecule has 0 radical (unpaired) electrons. The number of hydrogen-bond acceptors (Lipinski definition) is 4. The van der Waals surface area contributed by atoms with Gasteiger partial charge < -0.3 is 15.3 Å². The van der Waals surface area contributed by atoms with Gasteiger partial charge >= 0.3 is 12.0 Å². The number of likely N-dealkylation sites (tertiary alicyclic amines) is 1. The molecular formula is C14H25N3O4. The Bertz CT molecular complexity index is 409. The maximum Gasteiger partial charge on any atom is 0.321 e. The third kappa shape index (κ3) is 7.08. The van der Waals surface area contributed by atoms with Crippen LogP contribution in [0, 0.1) is 11.3 Å².